The Balaban J connectivity index is 1.77. The number of rotatable bonds is 2. The van der Waals surface area contributed by atoms with E-state index in [1.807, 2.05) is 0 Å². The van der Waals surface area contributed by atoms with Gasteiger partial charge in [0.15, 0.2) is 23.7 Å². The van der Waals surface area contributed by atoms with Gasteiger partial charge in [0.25, 0.3) is 5.91 Å². The maximum Gasteiger partial charge on any atom is 0.281 e. The van der Waals surface area contributed by atoms with Gasteiger partial charge in [-0.3, -0.25) is 14.5 Å². The van der Waals surface area contributed by atoms with Gasteiger partial charge < -0.3 is 9.73 Å². The molecule has 8 heteroatoms. The molecule has 0 bridgehead atoms. The van der Waals surface area contributed by atoms with Crippen LogP contribution < -0.4 is 10.2 Å². The SMILES string of the molecule is O=C1CN(C(=O)c2ncoc2C2CC2)c2cc(F)c(F)cc2N1. The highest BCUT2D eigenvalue weighted by Gasteiger charge is 2.36. The first kappa shape index (κ1) is 13.9. The summed E-state index contributed by atoms with van der Waals surface area (Å²) in [6.07, 6.45) is 3.00. The third-order valence-electron chi connectivity index (χ3n) is 3.90. The van der Waals surface area contributed by atoms with Crippen LogP contribution in [0.5, 0.6) is 0 Å². The second-order valence-electron chi connectivity index (χ2n) is 5.56. The molecule has 2 aliphatic rings. The Kier molecular flexibility index (Phi) is 2.93. The summed E-state index contributed by atoms with van der Waals surface area (Å²) in [4.78, 5) is 29.5. The summed E-state index contributed by atoms with van der Waals surface area (Å²) in [6, 6.07) is 1.74. The van der Waals surface area contributed by atoms with Crippen molar-refractivity contribution >= 4 is 23.2 Å². The maximum atomic E-state index is 13.5. The molecule has 0 atom stereocenters. The van der Waals surface area contributed by atoms with E-state index in [9.17, 15) is 18.4 Å². The highest BCUT2D eigenvalue weighted by Crippen LogP contribution is 2.42. The summed E-state index contributed by atoms with van der Waals surface area (Å²) in [5.41, 5.74) is 0.251. The van der Waals surface area contributed by atoms with Gasteiger partial charge in [0.05, 0.1) is 11.4 Å². The Bertz CT molecular complexity index is 829. The summed E-state index contributed by atoms with van der Waals surface area (Å²) in [7, 11) is 0. The fourth-order valence-corrected chi connectivity index (χ4v) is 2.64. The molecule has 1 aromatic heterocycles. The predicted molar refractivity (Wildman–Crippen MR) is 75.1 cm³/mol. The highest BCUT2D eigenvalue weighted by atomic mass is 19.2. The van der Waals surface area contributed by atoms with Gasteiger partial charge in [-0.2, -0.15) is 0 Å². The number of hydrogen-bond donors (Lipinski definition) is 1. The summed E-state index contributed by atoms with van der Waals surface area (Å²) in [6.45, 7) is -0.298. The van der Waals surface area contributed by atoms with E-state index in [2.05, 4.69) is 10.3 Å². The zero-order valence-corrected chi connectivity index (χ0v) is 11.8. The highest BCUT2D eigenvalue weighted by molar-refractivity contribution is 6.14. The van der Waals surface area contributed by atoms with Crippen LogP contribution in [0.3, 0.4) is 0 Å². The van der Waals surface area contributed by atoms with E-state index in [-0.39, 0.29) is 29.5 Å². The molecule has 6 nitrogen and oxygen atoms in total. The second kappa shape index (κ2) is 4.87. The third-order valence-corrected chi connectivity index (χ3v) is 3.90. The number of hydrogen-bond acceptors (Lipinski definition) is 4. The standard InChI is InChI=1S/C15H11F2N3O3/c16-8-3-10-11(4-9(8)17)20(5-12(21)19-10)15(22)13-14(7-1-2-7)23-6-18-13/h3-4,6-7H,1-2,5H2,(H,19,21). The number of carbonyl (C=O) groups is 2. The van der Waals surface area contributed by atoms with Gasteiger partial charge >= 0.3 is 0 Å². The average molecular weight is 319 g/mol. The molecule has 0 spiro atoms. The molecule has 0 saturated heterocycles. The fraction of sp³-hybridized carbons (Fsp3) is 0.267. The first-order valence-electron chi connectivity index (χ1n) is 7.08. The number of nitrogens with zero attached hydrogens (tertiary/aromatic N) is 2. The van der Waals surface area contributed by atoms with Crippen molar-refractivity contribution < 1.29 is 22.8 Å². The van der Waals surface area contributed by atoms with Crippen LogP contribution >= 0.6 is 0 Å². The molecule has 4 rings (SSSR count). The lowest BCUT2D eigenvalue weighted by Crippen LogP contribution is -2.42. The van der Waals surface area contributed by atoms with Crippen LogP contribution in [0.4, 0.5) is 20.2 Å². The smallest absolute Gasteiger partial charge is 0.281 e. The number of oxazole rings is 1. The summed E-state index contributed by atoms with van der Waals surface area (Å²) >= 11 is 0. The maximum absolute atomic E-state index is 13.5. The first-order chi connectivity index (χ1) is 11.0. The fourth-order valence-electron chi connectivity index (χ4n) is 2.64. The molecule has 0 radical (unpaired) electrons. The molecule has 1 aliphatic heterocycles. The van der Waals surface area contributed by atoms with E-state index in [0.717, 1.165) is 29.9 Å². The molecular formula is C15H11F2N3O3. The Labute approximate surface area is 129 Å². The summed E-state index contributed by atoms with van der Waals surface area (Å²) in [5.74, 6) is -2.63. The third kappa shape index (κ3) is 2.26. The van der Waals surface area contributed by atoms with Crippen LogP contribution in [0.15, 0.2) is 22.9 Å². The van der Waals surface area contributed by atoms with Crippen molar-refractivity contribution in [2.75, 3.05) is 16.8 Å². The second-order valence-corrected chi connectivity index (χ2v) is 5.56. The molecule has 0 unspecified atom stereocenters. The lowest BCUT2D eigenvalue weighted by atomic mass is 10.1. The zero-order chi connectivity index (χ0) is 16.1. The number of nitrogens with one attached hydrogen (secondary N) is 1. The number of carbonyl (C=O) groups excluding carboxylic acids is 2. The van der Waals surface area contributed by atoms with Gasteiger partial charge in [-0.15, -0.1) is 0 Å². The van der Waals surface area contributed by atoms with Gasteiger partial charge in [-0.1, -0.05) is 0 Å². The van der Waals surface area contributed by atoms with Crippen molar-refractivity contribution in [1.82, 2.24) is 4.98 Å². The van der Waals surface area contributed by atoms with Gasteiger partial charge in [0.2, 0.25) is 5.91 Å². The molecule has 1 saturated carbocycles. The van der Waals surface area contributed by atoms with Crippen molar-refractivity contribution in [3.8, 4) is 0 Å². The molecule has 1 aromatic carbocycles. The van der Waals surface area contributed by atoms with Crippen LogP contribution in [-0.4, -0.2) is 23.3 Å². The molecular weight excluding hydrogens is 308 g/mol. The van der Waals surface area contributed by atoms with Crippen LogP contribution in [-0.2, 0) is 4.79 Å². The van der Waals surface area contributed by atoms with Crippen LogP contribution in [0, 0.1) is 11.6 Å². The average Bonchev–Trinajstić information content (AvgIpc) is 3.24. The Morgan fingerprint density at radius 3 is 2.78 bits per heavy atom. The largest absolute Gasteiger partial charge is 0.447 e. The zero-order valence-electron chi connectivity index (χ0n) is 11.8. The number of benzene rings is 1. The van der Waals surface area contributed by atoms with Gasteiger partial charge in [0.1, 0.15) is 12.3 Å². The number of aromatic nitrogens is 1. The first-order valence-corrected chi connectivity index (χ1v) is 7.08. The molecule has 2 amide bonds. The van der Waals surface area contributed by atoms with Crippen molar-refractivity contribution in [3.63, 3.8) is 0 Å². The van der Waals surface area contributed by atoms with Crippen molar-refractivity contribution in [3.05, 3.63) is 41.6 Å². The summed E-state index contributed by atoms with van der Waals surface area (Å²) < 4.78 is 32.2. The molecule has 23 heavy (non-hydrogen) atoms. The molecule has 118 valence electrons. The molecule has 1 aliphatic carbocycles. The normalized spacial score (nSPS) is 17.0. The van der Waals surface area contributed by atoms with Crippen LogP contribution in [0.2, 0.25) is 0 Å². The summed E-state index contributed by atoms with van der Waals surface area (Å²) in [5, 5.41) is 2.42. The predicted octanol–water partition coefficient (Wildman–Crippen LogP) is 2.43. The topological polar surface area (TPSA) is 75.4 Å². The van der Waals surface area contributed by atoms with Gasteiger partial charge in [0, 0.05) is 18.1 Å². The monoisotopic (exact) mass is 319 g/mol. The van der Waals surface area contributed by atoms with Crippen LogP contribution in [0.1, 0.15) is 35.0 Å². The lowest BCUT2D eigenvalue weighted by Gasteiger charge is -2.28. The van der Waals surface area contributed by atoms with E-state index in [4.69, 9.17) is 4.42 Å². The Hall–Kier alpha value is -2.77. The number of amides is 2. The van der Waals surface area contributed by atoms with Crippen molar-refractivity contribution in [2.24, 2.45) is 0 Å². The molecule has 2 aromatic rings. The Morgan fingerprint density at radius 1 is 1.30 bits per heavy atom. The quantitative estimate of drug-likeness (QED) is 0.922. The van der Waals surface area contributed by atoms with E-state index in [0.29, 0.717) is 5.76 Å². The van der Waals surface area contributed by atoms with E-state index < -0.39 is 23.4 Å². The minimum Gasteiger partial charge on any atom is -0.447 e. The van der Waals surface area contributed by atoms with Crippen LogP contribution in [0.25, 0.3) is 0 Å². The minimum atomic E-state index is -1.10. The van der Waals surface area contributed by atoms with E-state index in [1.54, 1.807) is 0 Å². The number of halogens is 2. The van der Waals surface area contributed by atoms with Gasteiger partial charge in [-0.05, 0) is 12.8 Å². The number of anilines is 2. The Morgan fingerprint density at radius 2 is 2.04 bits per heavy atom. The molecule has 1 fully saturated rings. The van der Waals surface area contributed by atoms with E-state index in [1.165, 1.54) is 6.39 Å². The minimum absolute atomic E-state index is 0.0463. The molecule has 1 N–H and O–H groups in total. The van der Waals surface area contributed by atoms with Crippen molar-refractivity contribution in [1.29, 1.82) is 0 Å². The van der Waals surface area contributed by atoms with E-state index >= 15 is 0 Å². The molecule has 2 heterocycles. The lowest BCUT2D eigenvalue weighted by molar-refractivity contribution is -0.115. The number of fused-ring (bicyclic) bond motifs is 1. The van der Waals surface area contributed by atoms with Gasteiger partial charge in [-0.25, -0.2) is 13.8 Å². The van der Waals surface area contributed by atoms with Crippen molar-refractivity contribution in [2.45, 2.75) is 18.8 Å².